The van der Waals surface area contributed by atoms with Crippen molar-refractivity contribution in [2.45, 2.75) is 36.2 Å². The number of non-ortho nitro benzene ring substituents is 1. The lowest BCUT2D eigenvalue weighted by atomic mass is 9.83. The summed E-state index contributed by atoms with van der Waals surface area (Å²) < 4.78 is 1.70. The molecule has 2 aliphatic rings. The summed E-state index contributed by atoms with van der Waals surface area (Å²) in [5, 5.41) is 32.3. The van der Waals surface area contributed by atoms with Crippen LogP contribution in [0.5, 0.6) is 5.75 Å². The summed E-state index contributed by atoms with van der Waals surface area (Å²) in [5.41, 5.74) is 3.04. The number of nitro benzene ring substituents is 1. The third-order valence-electron chi connectivity index (χ3n) is 6.58. The summed E-state index contributed by atoms with van der Waals surface area (Å²) >= 11 is 1.40. The number of Topliss-reactive ketones (excluding diaryl/α,β-unsaturated/α-hetero) is 1. The molecule has 0 saturated carbocycles. The van der Waals surface area contributed by atoms with Crippen molar-refractivity contribution in [1.82, 2.24) is 14.8 Å². The maximum Gasteiger partial charge on any atom is 0.269 e. The van der Waals surface area contributed by atoms with Crippen LogP contribution in [0.3, 0.4) is 0 Å². The molecule has 2 N–H and O–H groups in total. The first-order chi connectivity index (χ1) is 17.5. The Bertz CT molecular complexity index is 1560. The molecule has 0 bridgehead atoms. The van der Waals surface area contributed by atoms with Crippen LogP contribution in [0.2, 0.25) is 0 Å². The molecule has 4 aromatic rings. The first kappa shape index (κ1) is 22.3. The van der Waals surface area contributed by atoms with E-state index in [1.54, 1.807) is 22.9 Å². The third kappa shape index (κ3) is 3.79. The molecule has 36 heavy (non-hydrogen) atoms. The van der Waals surface area contributed by atoms with Crippen molar-refractivity contribution in [3.63, 3.8) is 0 Å². The number of fused-ring (bicyclic) bond motifs is 2. The quantitative estimate of drug-likeness (QED) is 0.214. The van der Waals surface area contributed by atoms with Gasteiger partial charge >= 0.3 is 0 Å². The normalized spacial score (nSPS) is 17.0. The number of nitro groups is 1. The third-order valence-corrected chi connectivity index (χ3v) is 7.49. The molecule has 180 valence electrons. The molecule has 2 heterocycles. The van der Waals surface area contributed by atoms with Crippen LogP contribution in [0.1, 0.15) is 36.4 Å². The molecule has 0 radical (unpaired) electrons. The van der Waals surface area contributed by atoms with Gasteiger partial charge in [-0.15, -0.1) is 5.10 Å². The summed E-state index contributed by atoms with van der Waals surface area (Å²) in [7, 11) is 0. The Balaban J connectivity index is 1.41. The number of carbonyl (C=O) groups is 1. The van der Waals surface area contributed by atoms with Crippen molar-refractivity contribution in [2.75, 3.05) is 5.32 Å². The monoisotopic (exact) mass is 499 g/mol. The van der Waals surface area contributed by atoms with Crippen LogP contribution in [0.4, 0.5) is 11.6 Å². The summed E-state index contributed by atoms with van der Waals surface area (Å²) in [6, 6.07) is 17.1. The first-order valence-corrected chi connectivity index (χ1v) is 12.5. The number of hydrogen-bond donors (Lipinski definition) is 2. The molecule has 1 aromatic heterocycles. The van der Waals surface area contributed by atoms with Crippen molar-refractivity contribution in [3.05, 3.63) is 93.2 Å². The molecule has 0 fully saturated rings. The van der Waals surface area contributed by atoms with E-state index in [9.17, 15) is 20.0 Å². The van der Waals surface area contributed by atoms with E-state index in [2.05, 4.69) is 10.3 Å². The fraction of sp³-hybridized carbons (Fsp3) is 0.192. The molecule has 3 aromatic carbocycles. The van der Waals surface area contributed by atoms with E-state index in [-0.39, 0.29) is 17.2 Å². The molecule has 0 spiro atoms. The van der Waals surface area contributed by atoms with Crippen LogP contribution < -0.4 is 5.32 Å². The second-order valence-electron chi connectivity index (χ2n) is 8.79. The van der Waals surface area contributed by atoms with Crippen LogP contribution >= 0.6 is 11.8 Å². The molecular formula is C26H21N5O4S. The van der Waals surface area contributed by atoms with Gasteiger partial charge in [0.25, 0.3) is 5.69 Å². The average Bonchev–Trinajstić information content (AvgIpc) is 3.29. The molecule has 1 atom stereocenters. The molecular weight excluding hydrogens is 478 g/mol. The second kappa shape index (κ2) is 8.80. The number of benzene rings is 3. The van der Waals surface area contributed by atoms with Gasteiger partial charge in [-0.25, -0.2) is 4.68 Å². The van der Waals surface area contributed by atoms with E-state index >= 15 is 0 Å². The van der Waals surface area contributed by atoms with Gasteiger partial charge in [0.05, 0.1) is 4.92 Å². The average molecular weight is 500 g/mol. The lowest BCUT2D eigenvalue weighted by Crippen LogP contribution is -2.31. The molecule has 1 aliphatic carbocycles. The Kier molecular flexibility index (Phi) is 5.45. The van der Waals surface area contributed by atoms with Gasteiger partial charge in [0.1, 0.15) is 11.8 Å². The largest absolute Gasteiger partial charge is 0.508 e. The Morgan fingerprint density at radius 3 is 2.72 bits per heavy atom. The number of ketones is 1. The number of hydrogen-bond acceptors (Lipinski definition) is 8. The van der Waals surface area contributed by atoms with Crippen LogP contribution in [0.25, 0.3) is 10.8 Å². The van der Waals surface area contributed by atoms with E-state index in [1.807, 2.05) is 30.3 Å². The second-order valence-corrected chi connectivity index (χ2v) is 9.73. The van der Waals surface area contributed by atoms with Gasteiger partial charge < -0.3 is 10.4 Å². The van der Waals surface area contributed by atoms with Crippen molar-refractivity contribution >= 4 is 40.0 Å². The number of nitrogens with zero attached hydrogens (tertiary/aromatic N) is 4. The summed E-state index contributed by atoms with van der Waals surface area (Å²) in [5.74, 6) is 1.19. The first-order valence-electron chi connectivity index (χ1n) is 11.6. The van der Waals surface area contributed by atoms with Crippen LogP contribution in [-0.4, -0.2) is 30.6 Å². The smallest absolute Gasteiger partial charge is 0.269 e. The minimum absolute atomic E-state index is 0.0438. The van der Waals surface area contributed by atoms with Crippen LogP contribution in [0, 0.1) is 10.1 Å². The SMILES string of the molecule is O=C1CCCC2=C1C(c1c(O)ccc3ccccc13)n1nc(SCc3ccc([N+](=O)[O-])cc3)nc1N2. The number of phenolic OH excluding ortho intramolecular Hbond substituents is 1. The van der Waals surface area contributed by atoms with Gasteiger partial charge in [0.15, 0.2) is 5.78 Å². The molecule has 10 heteroatoms. The minimum Gasteiger partial charge on any atom is -0.508 e. The van der Waals surface area contributed by atoms with E-state index < -0.39 is 11.0 Å². The lowest BCUT2D eigenvalue weighted by Gasteiger charge is -2.33. The topological polar surface area (TPSA) is 123 Å². The number of nitrogens with one attached hydrogen (secondary N) is 1. The van der Waals surface area contributed by atoms with E-state index in [4.69, 9.17) is 5.10 Å². The molecule has 1 unspecified atom stereocenters. The highest BCUT2D eigenvalue weighted by Crippen LogP contribution is 2.45. The van der Waals surface area contributed by atoms with E-state index in [1.165, 1.54) is 23.9 Å². The standard InChI is InChI=1S/C26H21N5O4S/c32-20-7-3-6-19-23(20)24(22-18-5-2-1-4-16(18)10-13-21(22)33)30-25(27-19)28-26(29-30)36-14-15-8-11-17(12-9-15)31(34)35/h1-2,4-5,8-13,24,33H,3,6-7,14H2,(H,27,28,29). The predicted molar refractivity (Wildman–Crippen MR) is 136 cm³/mol. The Morgan fingerprint density at radius 1 is 1.11 bits per heavy atom. The van der Waals surface area contributed by atoms with E-state index in [0.29, 0.717) is 34.4 Å². The van der Waals surface area contributed by atoms with Gasteiger partial charge in [-0.05, 0) is 35.2 Å². The predicted octanol–water partition coefficient (Wildman–Crippen LogP) is 5.36. The highest BCUT2D eigenvalue weighted by atomic mass is 32.2. The number of thioether (sulfide) groups is 1. The number of carbonyl (C=O) groups excluding carboxylic acids is 1. The maximum absolute atomic E-state index is 13.2. The number of aromatic nitrogens is 3. The molecule has 0 saturated heterocycles. The molecule has 6 rings (SSSR count). The number of allylic oxidation sites excluding steroid dienone is 2. The fourth-order valence-corrected chi connectivity index (χ4v) is 5.68. The van der Waals surface area contributed by atoms with Crippen molar-refractivity contribution in [1.29, 1.82) is 0 Å². The van der Waals surface area contributed by atoms with Crippen molar-refractivity contribution in [2.24, 2.45) is 0 Å². The minimum atomic E-state index is -0.601. The molecule has 1 aliphatic heterocycles. The highest BCUT2D eigenvalue weighted by Gasteiger charge is 2.38. The number of anilines is 1. The maximum atomic E-state index is 13.2. The summed E-state index contributed by atoms with van der Waals surface area (Å²) in [4.78, 5) is 28.3. The van der Waals surface area contributed by atoms with Crippen LogP contribution in [0.15, 0.2) is 77.1 Å². The number of aromatic hydroxyl groups is 1. The summed E-state index contributed by atoms with van der Waals surface area (Å²) in [6.45, 7) is 0. The Morgan fingerprint density at radius 2 is 1.92 bits per heavy atom. The fourth-order valence-electron chi connectivity index (χ4n) is 4.90. The zero-order chi connectivity index (χ0) is 24.8. The number of rotatable bonds is 5. The van der Waals surface area contributed by atoms with E-state index in [0.717, 1.165) is 34.9 Å². The Labute approximate surface area is 210 Å². The summed E-state index contributed by atoms with van der Waals surface area (Å²) in [6.07, 6.45) is 1.93. The van der Waals surface area contributed by atoms with Gasteiger partial charge in [-0.3, -0.25) is 14.9 Å². The Hall–Kier alpha value is -4.18. The van der Waals surface area contributed by atoms with Gasteiger partial charge in [-0.1, -0.05) is 54.2 Å². The van der Waals surface area contributed by atoms with Crippen molar-refractivity contribution in [3.8, 4) is 5.75 Å². The zero-order valence-corrected chi connectivity index (χ0v) is 19.9. The molecule has 9 nitrogen and oxygen atoms in total. The van der Waals surface area contributed by atoms with Gasteiger partial charge in [0, 0.05) is 41.1 Å². The number of phenols is 1. The van der Waals surface area contributed by atoms with Crippen LogP contribution in [-0.2, 0) is 10.5 Å². The lowest BCUT2D eigenvalue weighted by molar-refractivity contribution is -0.384. The highest BCUT2D eigenvalue weighted by molar-refractivity contribution is 7.98. The van der Waals surface area contributed by atoms with Crippen molar-refractivity contribution < 1.29 is 14.8 Å². The molecule has 0 amide bonds. The van der Waals surface area contributed by atoms with Gasteiger partial charge in [-0.2, -0.15) is 4.98 Å². The van der Waals surface area contributed by atoms with Gasteiger partial charge in [0.2, 0.25) is 11.1 Å². The zero-order valence-electron chi connectivity index (χ0n) is 19.0.